The van der Waals surface area contributed by atoms with Crippen LogP contribution < -0.4 is 5.32 Å². The fourth-order valence-corrected chi connectivity index (χ4v) is 1.52. The van der Waals surface area contributed by atoms with Crippen LogP contribution in [0.25, 0.3) is 0 Å². The minimum atomic E-state index is -0.0636. The van der Waals surface area contributed by atoms with Gasteiger partial charge in [-0.2, -0.15) is 0 Å². The Hall–Kier alpha value is -1.05. The SMILES string of the molecule is C=CC(=O)NCC1CC=C(C)CC1. The fraction of sp³-hybridized carbons (Fsp3) is 0.545. The summed E-state index contributed by atoms with van der Waals surface area (Å²) in [5, 5.41) is 2.83. The second kappa shape index (κ2) is 4.85. The molecule has 2 heteroatoms. The molecular weight excluding hydrogens is 162 g/mol. The van der Waals surface area contributed by atoms with Crippen LogP contribution in [-0.4, -0.2) is 12.5 Å². The molecule has 13 heavy (non-hydrogen) atoms. The van der Waals surface area contributed by atoms with E-state index in [-0.39, 0.29) is 5.91 Å². The lowest BCUT2D eigenvalue weighted by Crippen LogP contribution is -2.28. The van der Waals surface area contributed by atoms with Crippen molar-refractivity contribution in [3.05, 3.63) is 24.3 Å². The first-order valence-corrected chi connectivity index (χ1v) is 4.78. The Bertz CT molecular complexity index is 230. The van der Waals surface area contributed by atoms with E-state index in [0.717, 1.165) is 13.0 Å². The molecule has 0 saturated heterocycles. The second-order valence-corrected chi connectivity index (χ2v) is 3.64. The lowest BCUT2D eigenvalue weighted by Gasteiger charge is -2.20. The first-order valence-electron chi connectivity index (χ1n) is 4.78. The van der Waals surface area contributed by atoms with Crippen LogP contribution in [0.4, 0.5) is 0 Å². The number of hydrogen-bond donors (Lipinski definition) is 1. The molecule has 0 saturated carbocycles. The van der Waals surface area contributed by atoms with E-state index in [1.165, 1.54) is 24.5 Å². The molecule has 0 fully saturated rings. The lowest BCUT2D eigenvalue weighted by molar-refractivity contribution is -0.116. The van der Waals surface area contributed by atoms with Crippen molar-refractivity contribution in [1.82, 2.24) is 5.32 Å². The summed E-state index contributed by atoms with van der Waals surface area (Å²) in [5.74, 6) is 0.555. The number of rotatable bonds is 3. The normalized spacial score (nSPS) is 21.9. The standard InChI is InChI=1S/C11H17NO/c1-3-11(13)12-8-10-6-4-9(2)5-7-10/h3-4,10H,1,5-8H2,2H3,(H,12,13). The largest absolute Gasteiger partial charge is 0.352 e. The summed E-state index contributed by atoms with van der Waals surface area (Å²) in [7, 11) is 0. The topological polar surface area (TPSA) is 29.1 Å². The van der Waals surface area contributed by atoms with Crippen LogP contribution >= 0.6 is 0 Å². The summed E-state index contributed by atoms with van der Waals surface area (Å²) >= 11 is 0. The molecule has 0 aromatic heterocycles. The first-order chi connectivity index (χ1) is 6.22. The summed E-state index contributed by atoms with van der Waals surface area (Å²) < 4.78 is 0. The number of amides is 1. The Labute approximate surface area is 79.7 Å². The molecule has 1 unspecified atom stereocenters. The summed E-state index contributed by atoms with van der Waals surface area (Å²) in [4.78, 5) is 10.9. The van der Waals surface area contributed by atoms with Gasteiger partial charge in [-0.1, -0.05) is 18.2 Å². The fourth-order valence-electron chi connectivity index (χ4n) is 1.52. The van der Waals surface area contributed by atoms with E-state index in [1.54, 1.807) is 0 Å². The zero-order chi connectivity index (χ0) is 9.68. The van der Waals surface area contributed by atoms with Crippen LogP contribution in [0.5, 0.6) is 0 Å². The highest BCUT2D eigenvalue weighted by molar-refractivity contribution is 5.86. The number of carbonyl (C=O) groups is 1. The molecule has 2 nitrogen and oxygen atoms in total. The minimum absolute atomic E-state index is 0.0636. The van der Waals surface area contributed by atoms with E-state index in [4.69, 9.17) is 0 Å². The maximum absolute atomic E-state index is 10.9. The van der Waals surface area contributed by atoms with Crippen molar-refractivity contribution in [2.45, 2.75) is 26.2 Å². The van der Waals surface area contributed by atoms with Gasteiger partial charge in [0, 0.05) is 6.54 Å². The summed E-state index contributed by atoms with van der Waals surface area (Å²) in [6.45, 7) is 6.36. The Morgan fingerprint density at radius 3 is 3.15 bits per heavy atom. The number of allylic oxidation sites excluding steroid dienone is 2. The maximum Gasteiger partial charge on any atom is 0.243 e. The Balaban J connectivity index is 2.24. The van der Waals surface area contributed by atoms with Gasteiger partial charge < -0.3 is 5.32 Å². The van der Waals surface area contributed by atoms with Gasteiger partial charge in [0.1, 0.15) is 0 Å². The summed E-state index contributed by atoms with van der Waals surface area (Å²) in [5.41, 5.74) is 1.48. The second-order valence-electron chi connectivity index (χ2n) is 3.64. The molecule has 1 N–H and O–H groups in total. The predicted octanol–water partition coefficient (Wildman–Crippen LogP) is 2.04. The van der Waals surface area contributed by atoms with Gasteiger partial charge >= 0.3 is 0 Å². The van der Waals surface area contributed by atoms with Crippen LogP contribution in [0.1, 0.15) is 26.2 Å². The molecule has 1 aliphatic rings. The average molecular weight is 179 g/mol. The number of carbonyl (C=O) groups excluding carboxylic acids is 1. The van der Waals surface area contributed by atoms with Crippen LogP contribution in [-0.2, 0) is 4.79 Å². The van der Waals surface area contributed by atoms with Crippen LogP contribution in [0.2, 0.25) is 0 Å². The van der Waals surface area contributed by atoms with Crippen LogP contribution in [0.15, 0.2) is 24.3 Å². The van der Waals surface area contributed by atoms with Crippen molar-refractivity contribution in [2.24, 2.45) is 5.92 Å². The maximum atomic E-state index is 10.9. The van der Waals surface area contributed by atoms with Gasteiger partial charge in [-0.3, -0.25) is 4.79 Å². The molecule has 1 rings (SSSR count). The van der Waals surface area contributed by atoms with Crippen molar-refractivity contribution in [2.75, 3.05) is 6.54 Å². The third kappa shape index (κ3) is 3.45. The van der Waals surface area contributed by atoms with Gasteiger partial charge in [-0.15, -0.1) is 0 Å². The van der Waals surface area contributed by atoms with E-state index in [0.29, 0.717) is 5.92 Å². The highest BCUT2D eigenvalue weighted by Crippen LogP contribution is 2.22. The van der Waals surface area contributed by atoms with Gasteiger partial charge in [-0.05, 0) is 38.2 Å². The van der Waals surface area contributed by atoms with E-state index in [9.17, 15) is 4.79 Å². The van der Waals surface area contributed by atoms with Crippen molar-refractivity contribution in [1.29, 1.82) is 0 Å². The van der Waals surface area contributed by atoms with Crippen LogP contribution in [0, 0.1) is 5.92 Å². The highest BCUT2D eigenvalue weighted by atomic mass is 16.1. The molecule has 1 amide bonds. The van der Waals surface area contributed by atoms with Gasteiger partial charge in [0.2, 0.25) is 5.91 Å². The predicted molar refractivity (Wildman–Crippen MR) is 54.3 cm³/mol. The molecule has 1 aliphatic carbocycles. The van der Waals surface area contributed by atoms with E-state index < -0.39 is 0 Å². The van der Waals surface area contributed by atoms with E-state index >= 15 is 0 Å². The monoisotopic (exact) mass is 179 g/mol. The summed E-state index contributed by atoms with van der Waals surface area (Å²) in [6, 6.07) is 0. The van der Waals surface area contributed by atoms with E-state index in [1.807, 2.05) is 0 Å². The smallest absolute Gasteiger partial charge is 0.243 e. The number of nitrogens with one attached hydrogen (secondary N) is 1. The third-order valence-corrected chi connectivity index (χ3v) is 2.50. The molecule has 0 radical (unpaired) electrons. The van der Waals surface area contributed by atoms with Crippen molar-refractivity contribution in [3.8, 4) is 0 Å². The molecule has 0 aromatic rings. The summed E-state index contributed by atoms with van der Waals surface area (Å²) in [6.07, 6.45) is 7.07. The zero-order valence-corrected chi connectivity index (χ0v) is 8.18. The lowest BCUT2D eigenvalue weighted by atomic mass is 9.90. The molecule has 1 atom stereocenters. The third-order valence-electron chi connectivity index (χ3n) is 2.50. The molecule has 72 valence electrons. The molecule has 0 aromatic carbocycles. The first kappa shape index (κ1) is 10.0. The quantitative estimate of drug-likeness (QED) is 0.521. The molecule has 0 bridgehead atoms. The average Bonchev–Trinajstić information content (AvgIpc) is 2.16. The minimum Gasteiger partial charge on any atom is -0.352 e. The van der Waals surface area contributed by atoms with E-state index in [2.05, 4.69) is 24.9 Å². The molecule has 0 aliphatic heterocycles. The Morgan fingerprint density at radius 2 is 2.62 bits per heavy atom. The van der Waals surface area contributed by atoms with Crippen LogP contribution in [0.3, 0.4) is 0 Å². The zero-order valence-electron chi connectivity index (χ0n) is 8.18. The Kier molecular flexibility index (Phi) is 3.74. The van der Waals surface area contributed by atoms with Crippen molar-refractivity contribution >= 4 is 5.91 Å². The molecule has 0 heterocycles. The van der Waals surface area contributed by atoms with Crippen molar-refractivity contribution in [3.63, 3.8) is 0 Å². The Morgan fingerprint density at radius 1 is 1.85 bits per heavy atom. The molecular formula is C11H17NO. The van der Waals surface area contributed by atoms with Gasteiger partial charge in [0.05, 0.1) is 0 Å². The van der Waals surface area contributed by atoms with Gasteiger partial charge in [0.15, 0.2) is 0 Å². The van der Waals surface area contributed by atoms with Gasteiger partial charge in [0.25, 0.3) is 0 Å². The highest BCUT2D eigenvalue weighted by Gasteiger charge is 2.12. The molecule has 0 spiro atoms. The van der Waals surface area contributed by atoms with Crippen molar-refractivity contribution < 1.29 is 4.79 Å². The van der Waals surface area contributed by atoms with Gasteiger partial charge in [-0.25, -0.2) is 0 Å². The number of hydrogen-bond acceptors (Lipinski definition) is 1.